The molecule has 0 unspecified atom stereocenters. The number of anilines is 1. The number of amides is 1. The van der Waals surface area contributed by atoms with Crippen molar-refractivity contribution in [3.63, 3.8) is 0 Å². The molecule has 0 aliphatic heterocycles. The first kappa shape index (κ1) is 15.9. The molecule has 0 atom stereocenters. The number of carbonyl (C=O) groups excluding carboxylic acids is 1. The first-order valence-corrected chi connectivity index (χ1v) is 6.05. The lowest BCUT2D eigenvalue weighted by molar-refractivity contribution is -0.143. The van der Waals surface area contributed by atoms with Crippen molar-refractivity contribution >= 4 is 11.8 Å². The van der Waals surface area contributed by atoms with Crippen molar-refractivity contribution < 1.29 is 31.3 Å². The molecule has 0 aliphatic carbocycles. The van der Waals surface area contributed by atoms with Gasteiger partial charge in [0.25, 0.3) is 5.91 Å². The predicted molar refractivity (Wildman–Crippen MR) is 65.2 cm³/mol. The second kappa shape index (κ2) is 5.74. The van der Waals surface area contributed by atoms with Gasteiger partial charge < -0.3 is 4.52 Å². The number of rotatable bonds is 3. The highest BCUT2D eigenvalue weighted by Gasteiger charge is 2.39. The zero-order valence-corrected chi connectivity index (χ0v) is 11.1. The third-order valence-corrected chi connectivity index (χ3v) is 2.76. The molecule has 1 aromatic heterocycles. The van der Waals surface area contributed by atoms with Crippen LogP contribution in [0.3, 0.4) is 0 Å². The van der Waals surface area contributed by atoms with Gasteiger partial charge in [0.15, 0.2) is 5.69 Å². The highest BCUT2D eigenvalue weighted by molar-refractivity contribution is 6.03. The zero-order chi connectivity index (χ0) is 16.5. The summed E-state index contributed by atoms with van der Waals surface area (Å²) in [6.07, 6.45) is -4.84. The van der Waals surface area contributed by atoms with Crippen LogP contribution in [0.1, 0.15) is 28.5 Å². The van der Waals surface area contributed by atoms with E-state index in [1.807, 2.05) is 5.32 Å². The SMILES string of the molecule is CCc1c(C(F)(F)F)noc1NC(=O)c1cc(F)cc(F)c1. The molecule has 0 saturated heterocycles. The second-order valence-corrected chi connectivity index (χ2v) is 4.30. The Balaban J connectivity index is 2.31. The molecule has 22 heavy (non-hydrogen) atoms. The minimum atomic E-state index is -4.73. The van der Waals surface area contributed by atoms with E-state index in [0.29, 0.717) is 6.07 Å². The van der Waals surface area contributed by atoms with Crippen molar-refractivity contribution in [2.24, 2.45) is 0 Å². The summed E-state index contributed by atoms with van der Waals surface area (Å²) >= 11 is 0. The van der Waals surface area contributed by atoms with E-state index in [-0.39, 0.29) is 12.0 Å². The predicted octanol–water partition coefficient (Wildman–Crippen LogP) is 3.79. The third kappa shape index (κ3) is 3.23. The van der Waals surface area contributed by atoms with Gasteiger partial charge in [0.1, 0.15) is 11.6 Å². The van der Waals surface area contributed by atoms with E-state index in [4.69, 9.17) is 0 Å². The van der Waals surface area contributed by atoms with Gasteiger partial charge in [-0.05, 0) is 18.6 Å². The van der Waals surface area contributed by atoms with Crippen molar-refractivity contribution in [1.82, 2.24) is 5.16 Å². The van der Waals surface area contributed by atoms with Gasteiger partial charge in [-0.2, -0.15) is 13.2 Å². The van der Waals surface area contributed by atoms with Crippen LogP contribution in [0.5, 0.6) is 0 Å². The molecule has 1 aromatic carbocycles. The zero-order valence-electron chi connectivity index (χ0n) is 11.1. The topological polar surface area (TPSA) is 55.1 Å². The molecule has 1 amide bonds. The summed E-state index contributed by atoms with van der Waals surface area (Å²) in [5.41, 5.74) is -2.00. The first-order chi connectivity index (χ1) is 10.2. The highest BCUT2D eigenvalue weighted by atomic mass is 19.4. The second-order valence-electron chi connectivity index (χ2n) is 4.30. The fraction of sp³-hybridized carbons (Fsp3) is 0.231. The average Bonchev–Trinajstić information content (AvgIpc) is 2.80. The Kier molecular flexibility index (Phi) is 4.16. The van der Waals surface area contributed by atoms with Gasteiger partial charge >= 0.3 is 6.18 Å². The summed E-state index contributed by atoms with van der Waals surface area (Å²) < 4.78 is 68.6. The van der Waals surface area contributed by atoms with E-state index in [2.05, 4.69) is 9.68 Å². The molecule has 2 rings (SSSR count). The smallest absolute Gasteiger partial charge is 0.338 e. The van der Waals surface area contributed by atoms with Gasteiger partial charge in [-0.3, -0.25) is 10.1 Å². The Morgan fingerprint density at radius 2 is 1.82 bits per heavy atom. The molecule has 0 bridgehead atoms. The molecule has 0 spiro atoms. The Labute approximate surface area is 120 Å². The lowest BCUT2D eigenvalue weighted by Crippen LogP contribution is -2.14. The quantitative estimate of drug-likeness (QED) is 0.876. The molecule has 0 aliphatic rings. The van der Waals surface area contributed by atoms with E-state index in [0.717, 1.165) is 12.1 Å². The van der Waals surface area contributed by atoms with Gasteiger partial charge in [0.2, 0.25) is 5.88 Å². The van der Waals surface area contributed by atoms with Crippen molar-refractivity contribution in [3.05, 3.63) is 46.7 Å². The fourth-order valence-corrected chi connectivity index (χ4v) is 1.82. The van der Waals surface area contributed by atoms with Crippen molar-refractivity contribution in [2.45, 2.75) is 19.5 Å². The molecule has 2 aromatic rings. The summed E-state index contributed by atoms with van der Waals surface area (Å²) in [7, 11) is 0. The number of carbonyl (C=O) groups is 1. The Bertz CT molecular complexity index is 689. The van der Waals surface area contributed by atoms with E-state index < -0.39 is 40.9 Å². The maximum absolute atomic E-state index is 13.0. The number of hydrogen-bond donors (Lipinski definition) is 1. The Morgan fingerprint density at radius 3 is 2.32 bits per heavy atom. The molecule has 118 valence electrons. The van der Waals surface area contributed by atoms with Crippen molar-refractivity contribution in [3.8, 4) is 0 Å². The molecular weight excluding hydrogens is 311 g/mol. The molecule has 4 nitrogen and oxygen atoms in total. The monoisotopic (exact) mass is 320 g/mol. The molecule has 1 N–H and O–H groups in total. The van der Waals surface area contributed by atoms with Crippen molar-refractivity contribution in [1.29, 1.82) is 0 Å². The number of halogens is 5. The number of nitrogens with zero attached hydrogens (tertiary/aromatic N) is 1. The molecule has 0 radical (unpaired) electrons. The van der Waals surface area contributed by atoms with Crippen LogP contribution in [0, 0.1) is 11.6 Å². The van der Waals surface area contributed by atoms with E-state index in [1.165, 1.54) is 6.92 Å². The van der Waals surface area contributed by atoms with E-state index in [1.54, 1.807) is 0 Å². The molecular formula is C13H9F5N2O2. The summed E-state index contributed by atoms with van der Waals surface area (Å²) in [4.78, 5) is 11.8. The maximum atomic E-state index is 13.0. The van der Waals surface area contributed by atoms with Crippen LogP contribution in [0.15, 0.2) is 22.7 Å². The Hall–Kier alpha value is -2.45. The molecule has 0 saturated carbocycles. The molecule has 0 fully saturated rings. The van der Waals surface area contributed by atoms with E-state index in [9.17, 15) is 26.7 Å². The molecule has 9 heteroatoms. The molecule has 1 heterocycles. The minimum absolute atomic E-state index is 0.106. The number of aromatic nitrogens is 1. The van der Waals surface area contributed by atoms with Crippen LogP contribution < -0.4 is 5.32 Å². The van der Waals surface area contributed by atoms with Gasteiger partial charge in [-0.1, -0.05) is 12.1 Å². The van der Waals surface area contributed by atoms with Gasteiger partial charge in [-0.25, -0.2) is 8.78 Å². The largest absolute Gasteiger partial charge is 0.437 e. The maximum Gasteiger partial charge on any atom is 0.437 e. The van der Waals surface area contributed by atoms with Crippen LogP contribution in [-0.2, 0) is 12.6 Å². The van der Waals surface area contributed by atoms with Crippen LogP contribution in [0.4, 0.5) is 27.8 Å². The number of alkyl halides is 3. The Morgan fingerprint density at radius 1 is 1.23 bits per heavy atom. The van der Waals surface area contributed by atoms with Crippen LogP contribution in [-0.4, -0.2) is 11.1 Å². The number of benzene rings is 1. The van der Waals surface area contributed by atoms with E-state index >= 15 is 0 Å². The van der Waals surface area contributed by atoms with Crippen LogP contribution in [0.2, 0.25) is 0 Å². The summed E-state index contributed by atoms with van der Waals surface area (Å²) in [6, 6.07) is 2.04. The highest BCUT2D eigenvalue weighted by Crippen LogP contribution is 2.34. The average molecular weight is 320 g/mol. The summed E-state index contributed by atoms with van der Waals surface area (Å²) in [6.45, 7) is 1.42. The normalized spacial score (nSPS) is 11.5. The summed E-state index contributed by atoms with van der Waals surface area (Å²) in [5, 5.41) is 4.90. The fourth-order valence-electron chi connectivity index (χ4n) is 1.82. The number of hydrogen-bond acceptors (Lipinski definition) is 3. The van der Waals surface area contributed by atoms with Gasteiger partial charge in [0.05, 0.1) is 0 Å². The summed E-state index contributed by atoms with van der Waals surface area (Å²) in [5.74, 6) is -3.51. The van der Waals surface area contributed by atoms with Gasteiger partial charge in [0, 0.05) is 17.2 Å². The third-order valence-electron chi connectivity index (χ3n) is 2.76. The van der Waals surface area contributed by atoms with Gasteiger partial charge in [-0.15, -0.1) is 0 Å². The lowest BCUT2D eigenvalue weighted by atomic mass is 10.1. The standard InChI is InChI=1S/C13H9F5N2O2/c1-2-9-10(13(16,17)18)20-22-12(9)19-11(21)6-3-7(14)5-8(15)4-6/h3-5H,2H2,1H3,(H,19,21). The lowest BCUT2D eigenvalue weighted by Gasteiger charge is -2.06. The van der Waals surface area contributed by atoms with Crippen LogP contribution >= 0.6 is 0 Å². The van der Waals surface area contributed by atoms with Crippen LogP contribution in [0.25, 0.3) is 0 Å². The first-order valence-electron chi connectivity index (χ1n) is 6.05. The van der Waals surface area contributed by atoms with Crippen molar-refractivity contribution in [2.75, 3.05) is 5.32 Å². The minimum Gasteiger partial charge on any atom is -0.338 e. The number of nitrogens with one attached hydrogen (secondary N) is 1.